The van der Waals surface area contributed by atoms with Gasteiger partial charge in [0.05, 0.1) is 13.0 Å². The summed E-state index contributed by atoms with van der Waals surface area (Å²) in [5.41, 5.74) is 5.29. The molecule has 1 aliphatic rings. The summed E-state index contributed by atoms with van der Waals surface area (Å²) in [6, 6.07) is 0. The predicted octanol–water partition coefficient (Wildman–Crippen LogP) is 2.76. The van der Waals surface area contributed by atoms with Crippen molar-refractivity contribution >= 4 is 22.1 Å². The highest BCUT2D eigenvalue weighted by molar-refractivity contribution is 7.85. The molecule has 0 aromatic carbocycles. The number of rotatable bonds is 26. The molecular weight excluding hydrogens is 598 g/mol. The summed E-state index contributed by atoms with van der Waals surface area (Å²) in [5, 5.41) is 31.0. The Kier molecular flexibility index (Phi) is 22.0. The first-order chi connectivity index (χ1) is 21.0. The number of ether oxygens (including phenoxy) is 4. The Morgan fingerprint density at radius 2 is 1.32 bits per heavy atom. The molecule has 0 aliphatic carbocycles. The van der Waals surface area contributed by atoms with Crippen molar-refractivity contribution in [2.24, 2.45) is 5.73 Å². The van der Waals surface area contributed by atoms with Crippen LogP contribution in [0.2, 0.25) is 0 Å². The molecule has 0 saturated carbocycles. The second-order valence-corrected chi connectivity index (χ2v) is 13.1. The van der Waals surface area contributed by atoms with Gasteiger partial charge in [-0.25, -0.2) is 0 Å². The van der Waals surface area contributed by atoms with Crippen molar-refractivity contribution in [3.63, 3.8) is 0 Å². The van der Waals surface area contributed by atoms with E-state index in [0.29, 0.717) is 6.42 Å². The first-order valence-corrected chi connectivity index (χ1v) is 17.9. The molecule has 6 N–H and O–H groups in total. The van der Waals surface area contributed by atoms with Crippen LogP contribution in [0.5, 0.6) is 0 Å². The number of aliphatic hydroxyl groups is 3. The van der Waals surface area contributed by atoms with E-state index in [1.54, 1.807) is 0 Å². The average molecular weight is 656 g/mol. The molecule has 1 heterocycles. The van der Waals surface area contributed by atoms with Crippen molar-refractivity contribution in [1.29, 1.82) is 0 Å². The number of hydrogen-bond donors (Lipinski definition) is 5. The molecule has 0 aromatic heterocycles. The molecule has 6 unspecified atom stereocenters. The minimum absolute atomic E-state index is 0.0678. The maximum Gasteiger partial charge on any atom is 0.307 e. The van der Waals surface area contributed by atoms with Gasteiger partial charge in [-0.3, -0.25) is 14.1 Å². The Labute approximate surface area is 262 Å². The molecule has 1 rings (SSSR count). The van der Waals surface area contributed by atoms with Crippen molar-refractivity contribution in [3.8, 4) is 0 Å². The molecule has 14 heteroatoms. The van der Waals surface area contributed by atoms with Crippen LogP contribution in [0, 0.1) is 0 Å². The van der Waals surface area contributed by atoms with Crippen LogP contribution in [0.3, 0.4) is 0 Å². The van der Waals surface area contributed by atoms with Crippen LogP contribution < -0.4 is 5.73 Å². The lowest BCUT2D eigenvalue weighted by Crippen LogP contribution is -2.61. The molecular formula is C30H57NO12S. The van der Waals surface area contributed by atoms with Gasteiger partial charge in [-0.1, -0.05) is 96.8 Å². The van der Waals surface area contributed by atoms with E-state index in [2.05, 4.69) is 6.92 Å². The van der Waals surface area contributed by atoms with Crippen LogP contribution in [0.15, 0.2) is 0 Å². The number of unbranched alkanes of at least 4 members (excludes halogenated alkanes) is 14. The molecule has 1 saturated heterocycles. The van der Waals surface area contributed by atoms with E-state index in [0.717, 1.165) is 19.3 Å². The fourth-order valence-corrected chi connectivity index (χ4v) is 5.70. The smallest absolute Gasteiger partial charge is 0.307 e. The number of nitrogens with two attached hydrogens (primary N) is 1. The lowest BCUT2D eigenvalue weighted by Gasteiger charge is -2.41. The molecule has 0 amide bonds. The summed E-state index contributed by atoms with van der Waals surface area (Å²) in [6.45, 7) is 1.30. The van der Waals surface area contributed by atoms with Gasteiger partial charge in [0.15, 0.2) is 12.4 Å². The fraction of sp³-hybridized carbons (Fsp3) is 0.933. The zero-order valence-electron chi connectivity index (χ0n) is 26.4. The second kappa shape index (κ2) is 23.9. The number of esters is 2. The third kappa shape index (κ3) is 19.2. The second-order valence-electron chi connectivity index (χ2n) is 11.6. The van der Waals surface area contributed by atoms with Gasteiger partial charge in [0.25, 0.3) is 10.1 Å². The lowest BCUT2D eigenvalue weighted by molar-refractivity contribution is -0.299. The summed E-state index contributed by atoms with van der Waals surface area (Å²) >= 11 is 0. The molecule has 13 nitrogen and oxygen atoms in total. The van der Waals surface area contributed by atoms with E-state index in [1.807, 2.05) is 0 Å². The van der Waals surface area contributed by atoms with E-state index < -0.39 is 71.2 Å². The Hall–Kier alpha value is -1.39. The third-order valence-electron chi connectivity index (χ3n) is 7.51. The zero-order valence-corrected chi connectivity index (χ0v) is 27.2. The van der Waals surface area contributed by atoms with Crippen LogP contribution >= 0.6 is 0 Å². The highest BCUT2D eigenvalue weighted by atomic mass is 32.2. The fourth-order valence-electron chi connectivity index (χ4n) is 5.02. The quantitative estimate of drug-likeness (QED) is 0.0516. The van der Waals surface area contributed by atoms with Gasteiger partial charge in [-0.15, -0.1) is 0 Å². The van der Waals surface area contributed by atoms with Gasteiger partial charge in [0.2, 0.25) is 0 Å². The summed E-state index contributed by atoms with van der Waals surface area (Å²) < 4.78 is 52.8. The number of carbonyl (C=O) groups excluding carboxylic acids is 2. The number of hydrogen-bond acceptors (Lipinski definition) is 12. The van der Waals surface area contributed by atoms with Crippen molar-refractivity contribution in [2.75, 3.05) is 25.5 Å². The molecule has 1 fully saturated rings. The molecule has 0 spiro atoms. The topological polar surface area (TPSA) is 212 Å². The van der Waals surface area contributed by atoms with E-state index in [-0.39, 0.29) is 26.0 Å². The maximum atomic E-state index is 12.0. The lowest BCUT2D eigenvalue weighted by atomic mass is 9.99. The van der Waals surface area contributed by atoms with Crippen molar-refractivity contribution < 1.29 is 56.8 Å². The van der Waals surface area contributed by atoms with Crippen LogP contribution in [-0.4, -0.2) is 103 Å². The van der Waals surface area contributed by atoms with Gasteiger partial charge in [0, 0.05) is 13.0 Å². The van der Waals surface area contributed by atoms with Gasteiger partial charge in [-0.2, -0.15) is 8.42 Å². The average Bonchev–Trinajstić information content (AvgIpc) is 2.96. The molecule has 44 heavy (non-hydrogen) atoms. The molecule has 1 aliphatic heterocycles. The van der Waals surface area contributed by atoms with E-state index in [1.165, 1.54) is 70.6 Å². The summed E-state index contributed by atoms with van der Waals surface area (Å²) in [7, 11) is -4.64. The highest BCUT2D eigenvalue weighted by Crippen LogP contribution is 2.26. The minimum atomic E-state index is -4.64. The highest BCUT2D eigenvalue weighted by Gasteiger charge is 2.48. The van der Waals surface area contributed by atoms with Crippen molar-refractivity contribution in [1.82, 2.24) is 0 Å². The van der Waals surface area contributed by atoms with Crippen LogP contribution in [0.25, 0.3) is 0 Å². The molecule has 0 aromatic rings. The molecule has 6 atom stereocenters. The van der Waals surface area contributed by atoms with Gasteiger partial charge >= 0.3 is 11.9 Å². The first-order valence-electron chi connectivity index (χ1n) is 16.3. The van der Waals surface area contributed by atoms with Gasteiger partial charge in [-0.05, 0) is 6.42 Å². The Balaban J connectivity index is 2.21. The molecule has 0 bridgehead atoms. The SMILES string of the molecule is CCCCCCCCCCCCCCCCCC(=O)OCC(O)COC1OC(CS(=O)(=O)O)C(OC(=O)CCN)C(O)C1O. The van der Waals surface area contributed by atoms with Crippen LogP contribution in [0.1, 0.15) is 116 Å². The van der Waals surface area contributed by atoms with Crippen LogP contribution in [0.4, 0.5) is 0 Å². The first kappa shape index (κ1) is 40.6. The molecule has 260 valence electrons. The Morgan fingerprint density at radius 1 is 0.795 bits per heavy atom. The Morgan fingerprint density at radius 3 is 1.82 bits per heavy atom. The number of aliphatic hydroxyl groups excluding tert-OH is 3. The Bertz CT molecular complexity index is 874. The normalized spacial score (nSPS) is 22.9. The monoisotopic (exact) mass is 655 g/mol. The summed E-state index contributed by atoms with van der Waals surface area (Å²) in [5.74, 6) is -2.39. The predicted molar refractivity (Wildman–Crippen MR) is 163 cm³/mol. The maximum absolute atomic E-state index is 12.0. The van der Waals surface area contributed by atoms with E-state index >= 15 is 0 Å². The largest absolute Gasteiger partial charge is 0.463 e. The summed E-state index contributed by atoms with van der Waals surface area (Å²) in [6.07, 6.45) is 8.54. The van der Waals surface area contributed by atoms with Gasteiger partial charge in [0.1, 0.15) is 36.8 Å². The van der Waals surface area contributed by atoms with Crippen LogP contribution in [-0.2, 0) is 38.7 Å². The third-order valence-corrected chi connectivity index (χ3v) is 8.26. The van der Waals surface area contributed by atoms with Crippen molar-refractivity contribution in [2.45, 2.75) is 153 Å². The summed E-state index contributed by atoms with van der Waals surface area (Å²) in [4.78, 5) is 23.9. The van der Waals surface area contributed by atoms with Gasteiger partial charge < -0.3 is 40.0 Å². The zero-order chi connectivity index (χ0) is 32.8. The standard InChI is InChI=1S/C30H57NO12S/c1-2-3-4-5-6-7-8-9-10-11-12-13-14-15-16-17-25(33)40-20-23(32)21-41-30-28(36)27(35)29(43-26(34)18-19-31)24(42-30)22-44(37,38)39/h23-24,27-30,32,35-36H,2-22,31H2,1H3,(H,37,38,39). The number of carbonyl (C=O) groups is 2. The minimum Gasteiger partial charge on any atom is -0.463 e. The van der Waals surface area contributed by atoms with E-state index in [4.69, 9.17) is 24.7 Å². The van der Waals surface area contributed by atoms with Crippen molar-refractivity contribution in [3.05, 3.63) is 0 Å². The molecule has 0 radical (unpaired) electrons. The van der Waals surface area contributed by atoms with E-state index in [9.17, 15) is 37.9 Å².